The van der Waals surface area contributed by atoms with E-state index in [9.17, 15) is 26.4 Å². The fourth-order valence-electron chi connectivity index (χ4n) is 2.49. The Morgan fingerprint density at radius 1 is 1.25 bits per heavy atom. The highest BCUT2D eigenvalue weighted by molar-refractivity contribution is 7.87. The summed E-state index contributed by atoms with van der Waals surface area (Å²) >= 11 is 0. The molecule has 0 atom stereocenters. The molecule has 1 N–H and O–H groups in total. The van der Waals surface area contributed by atoms with Gasteiger partial charge in [-0.25, -0.2) is 4.98 Å². The number of ether oxygens (including phenoxy) is 1. The second-order valence-electron chi connectivity index (χ2n) is 5.59. The van der Waals surface area contributed by atoms with E-state index < -0.39 is 27.4 Å². The van der Waals surface area contributed by atoms with Crippen molar-refractivity contribution in [3.8, 4) is 5.88 Å². The Balaban J connectivity index is 2.01. The molecule has 0 spiro atoms. The van der Waals surface area contributed by atoms with E-state index in [4.69, 9.17) is 4.74 Å². The predicted octanol–water partition coefficient (Wildman–Crippen LogP) is 1.47. The number of aromatic nitrogens is 3. The van der Waals surface area contributed by atoms with E-state index in [1.807, 2.05) is 0 Å². The average molecular weight is 418 g/mol. The van der Waals surface area contributed by atoms with Gasteiger partial charge in [-0.3, -0.25) is 4.79 Å². The zero-order valence-electron chi connectivity index (χ0n) is 14.1. The van der Waals surface area contributed by atoms with Crippen LogP contribution in [0.15, 0.2) is 24.4 Å². The van der Waals surface area contributed by atoms with E-state index in [1.165, 1.54) is 18.3 Å². The van der Waals surface area contributed by atoms with Crippen molar-refractivity contribution in [3.63, 3.8) is 0 Å². The standard InChI is InChI=1S/C15H13F3N4O5S/c16-15(17,18)28(24,25)27-13-8-10(9-3-6-26-7-4-11(9)20-13)14(23)21-12-2-1-5-19-22-12/h1-2,5,8H,3-4,6-7H2,(H,21,22,23). The number of nitrogens with zero attached hydrogens (tertiary/aromatic N) is 3. The molecule has 2 aromatic rings. The molecule has 28 heavy (non-hydrogen) atoms. The molecule has 0 fully saturated rings. The molecule has 0 radical (unpaired) electrons. The van der Waals surface area contributed by atoms with Gasteiger partial charge in [0.05, 0.1) is 24.5 Å². The molecule has 0 aliphatic carbocycles. The normalized spacial score (nSPS) is 14.7. The third-order valence-electron chi connectivity index (χ3n) is 3.70. The van der Waals surface area contributed by atoms with Gasteiger partial charge >= 0.3 is 15.6 Å². The van der Waals surface area contributed by atoms with Crippen LogP contribution in [0.25, 0.3) is 0 Å². The molecule has 150 valence electrons. The minimum Gasteiger partial charge on any atom is -0.381 e. The predicted molar refractivity (Wildman–Crippen MR) is 88.1 cm³/mol. The highest BCUT2D eigenvalue weighted by Crippen LogP contribution is 2.29. The zero-order chi connectivity index (χ0) is 20.4. The smallest absolute Gasteiger partial charge is 0.381 e. The Kier molecular flexibility index (Phi) is 5.47. The largest absolute Gasteiger partial charge is 0.534 e. The highest BCUT2D eigenvalue weighted by atomic mass is 32.2. The maximum absolute atomic E-state index is 12.6. The van der Waals surface area contributed by atoms with Crippen molar-refractivity contribution >= 4 is 21.8 Å². The number of hydrogen-bond acceptors (Lipinski definition) is 8. The van der Waals surface area contributed by atoms with Crippen LogP contribution in [0.4, 0.5) is 19.0 Å². The highest BCUT2D eigenvalue weighted by Gasteiger charge is 2.49. The molecule has 13 heteroatoms. The van der Waals surface area contributed by atoms with Crippen LogP contribution in [0.2, 0.25) is 0 Å². The summed E-state index contributed by atoms with van der Waals surface area (Å²) in [6.45, 7) is 0.474. The molecule has 1 aliphatic rings. The van der Waals surface area contributed by atoms with Gasteiger partial charge in [0.25, 0.3) is 5.91 Å². The van der Waals surface area contributed by atoms with Crippen molar-refractivity contribution in [1.29, 1.82) is 0 Å². The first kappa shape index (κ1) is 19.9. The maximum atomic E-state index is 12.6. The van der Waals surface area contributed by atoms with Crippen molar-refractivity contribution in [2.75, 3.05) is 18.5 Å². The molecule has 0 bridgehead atoms. The number of pyridine rings is 1. The SMILES string of the molecule is O=C(Nc1cccnn1)c1cc(OS(=O)(=O)C(F)(F)F)nc2c1CCOCC2. The summed E-state index contributed by atoms with van der Waals surface area (Å²) in [6.07, 6.45) is 1.82. The summed E-state index contributed by atoms with van der Waals surface area (Å²) in [5.41, 5.74) is -5.08. The maximum Gasteiger partial charge on any atom is 0.534 e. The monoisotopic (exact) mass is 418 g/mol. The molecule has 3 rings (SSSR count). The summed E-state index contributed by atoms with van der Waals surface area (Å²) in [6, 6.07) is 3.83. The van der Waals surface area contributed by atoms with Crippen molar-refractivity contribution in [2.24, 2.45) is 0 Å². The minimum atomic E-state index is -5.94. The fourth-order valence-corrected chi connectivity index (χ4v) is 2.89. The van der Waals surface area contributed by atoms with E-state index in [-0.39, 0.29) is 43.1 Å². The number of carbonyl (C=O) groups excluding carboxylic acids is 1. The summed E-state index contributed by atoms with van der Waals surface area (Å²) in [7, 11) is -5.94. The van der Waals surface area contributed by atoms with Gasteiger partial charge in [-0.2, -0.15) is 26.7 Å². The van der Waals surface area contributed by atoms with E-state index in [1.54, 1.807) is 0 Å². The Labute approximate surface area is 157 Å². The zero-order valence-corrected chi connectivity index (χ0v) is 14.9. The van der Waals surface area contributed by atoms with Crippen LogP contribution in [0, 0.1) is 0 Å². The summed E-state index contributed by atoms with van der Waals surface area (Å²) in [4.78, 5) is 16.5. The van der Waals surface area contributed by atoms with Crippen molar-refractivity contribution in [3.05, 3.63) is 41.2 Å². The molecule has 3 heterocycles. The van der Waals surface area contributed by atoms with Crippen LogP contribution < -0.4 is 9.50 Å². The second kappa shape index (κ2) is 7.67. The number of carbonyl (C=O) groups is 1. The molecule has 0 saturated heterocycles. The Bertz CT molecular complexity index is 983. The lowest BCUT2D eigenvalue weighted by Gasteiger charge is -2.14. The summed E-state index contributed by atoms with van der Waals surface area (Å²) in [5.74, 6) is -1.48. The molecule has 0 unspecified atom stereocenters. The molecule has 0 saturated carbocycles. The molecule has 1 amide bonds. The second-order valence-corrected chi connectivity index (χ2v) is 7.13. The molecule has 2 aromatic heterocycles. The topological polar surface area (TPSA) is 120 Å². The molecular formula is C15H13F3N4O5S. The van der Waals surface area contributed by atoms with Crippen LogP contribution in [0.5, 0.6) is 5.88 Å². The van der Waals surface area contributed by atoms with Crippen molar-refractivity contribution in [1.82, 2.24) is 15.2 Å². The summed E-state index contributed by atoms with van der Waals surface area (Å²) in [5, 5.41) is 9.73. The Hall–Kier alpha value is -2.80. The number of anilines is 1. The number of alkyl halides is 3. The Morgan fingerprint density at radius 3 is 2.68 bits per heavy atom. The first-order valence-corrected chi connectivity index (χ1v) is 9.28. The van der Waals surface area contributed by atoms with Gasteiger partial charge in [-0.05, 0) is 24.1 Å². The first-order chi connectivity index (χ1) is 13.2. The minimum absolute atomic E-state index is 0.0893. The van der Waals surface area contributed by atoms with Crippen molar-refractivity contribution in [2.45, 2.75) is 18.3 Å². The molecule has 0 aromatic carbocycles. The number of rotatable bonds is 4. The third kappa shape index (κ3) is 4.36. The molecule has 1 aliphatic heterocycles. The third-order valence-corrected chi connectivity index (χ3v) is 4.66. The lowest BCUT2D eigenvalue weighted by Crippen LogP contribution is -2.29. The Morgan fingerprint density at radius 2 is 2.00 bits per heavy atom. The number of fused-ring (bicyclic) bond motifs is 1. The van der Waals surface area contributed by atoms with Gasteiger partial charge < -0.3 is 14.2 Å². The average Bonchev–Trinajstić information content (AvgIpc) is 2.86. The first-order valence-electron chi connectivity index (χ1n) is 7.88. The van der Waals surface area contributed by atoms with E-state index >= 15 is 0 Å². The van der Waals surface area contributed by atoms with Gasteiger partial charge in [-0.1, -0.05) is 0 Å². The van der Waals surface area contributed by atoms with E-state index in [0.717, 1.165) is 6.07 Å². The van der Waals surface area contributed by atoms with Crippen LogP contribution >= 0.6 is 0 Å². The van der Waals surface area contributed by atoms with E-state index in [2.05, 4.69) is 24.7 Å². The van der Waals surface area contributed by atoms with Gasteiger partial charge in [0.1, 0.15) is 0 Å². The lowest BCUT2D eigenvalue weighted by molar-refractivity contribution is -0.0501. The van der Waals surface area contributed by atoms with Crippen LogP contribution in [-0.4, -0.2) is 48.2 Å². The molecule has 9 nitrogen and oxygen atoms in total. The van der Waals surface area contributed by atoms with Crippen LogP contribution in [-0.2, 0) is 27.7 Å². The number of amides is 1. The lowest BCUT2D eigenvalue weighted by atomic mass is 10.0. The quantitative estimate of drug-likeness (QED) is 0.585. The van der Waals surface area contributed by atoms with E-state index in [0.29, 0.717) is 5.56 Å². The molecular weight excluding hydrogens is 405 g/mol. The van der Waals surface area contributed by atoms with Gasteiger partial charge in [0, 0.05) is 18.7 Å². The number of halogens is 3. The number of nitrogens with one attached hydrogen (secondary N) is 1. The van der Waals surface area contributed by atoms with Gasteiger partial charge in [0.2, 0.25) is 5.88 Å². The number of hydrogen-bond donors (Lipinski definition) is 1. The van der Waals surface area contributed by atoms with Crippen LogP contribution in [0.3, 0.4) is 0 Å². The van der Waals surface area contributed by atoms with Gasteiger partial charge in [0.15, 0.2) is 5.82 Å². The van der Waals surface area contributed by atoms with Crippen LogP contribution in [0.1, 0.15) is 21.6 Å². The van der Waals surface area contributed by atoms with Crippen molar-refractivity contribution < 1.29 is 35.3 Å². The summed E-state index contributed by atoms with van der Waals surface area (Å²) < 4.78 is 69.8. The van der Waals surface area contributed by atoms with Gasteiger partial charge in [-0.15, -0.1) is 5.10 Å². The fraction of sp³-hybridized carbons (Fsp3) is 0.333.